The third-order valence-corrected chi connectivity index (χ3v) is 2.35. The number of hydrogen-bond donors (Lipinski definition) is 1. The van der Waals surface area contributed by atoms with Gasteiger partial charge in [0.25, 0.3) is 0 Å². The van der Waals surface area contributed by atoms with Crippen LogP contribution in [0.1, 0.15) is 11.5 Å². The van der Waals surface area contributed by atoms with E-state index in [0.29, 0.717) is 0 Å². The van der Waals surface area contributed by atoms with Crippen LogP contribution in [0.25, 0.3) is 0 Å². The van der Waals surface area contributed by atoms with Crippen molar-refractivity contribution in [2.45, 2.75) is 5.92 Å². The second kappa shape index (κ2) is 4.84. The number of carboxylic acids is 1. The molecular formula is C9H5Cl3O3. The zero-order chi connectivity index (χ0) is 11.6. The summed E-state index contributed by atoms with van der Waals surface area (Å²) >= 11 is 16.5. The number of carbonyl (C=O) groups is 2. The molecule has 0 bridgehead atoms. The fourth-order valence-corrected chi connectivity index (χ4v) is 1.87. The molecule has 1 atom stereocenters. The van der Waals surface area contributed by atoms with Crippen molar-refractivity contribution in [3.63, 3.8) is 0 Å². The average Bonchev–Trinajstić information content (AvgIpc) is 1.99. The molecule has 0 saturated carbocycles. The van der Waals surface area contributed by atoms with Gasteiger partial charge in [-0.1, -0.05) is 23.2 Å². The SMILES string of the molecule is O=C(O)C(C(=O)Cl)c1cc(Cl)cc(Cl)c1. The summed E-state index contributed by atoms with van der Waals surface area (Å²) in [5, 5.41) is 8.31. The van der Waals surface area contributed by atoms with Crippen molar-refractivity contribution in [2.24, 2.45) is 0 Å². The van der Waals surface area contributed by atoms with Crippen molar-refractivity contribution in [1.29, 1.82) is 0 Å². The van der Waals surface area contributed by atoms with Gasteiger partial charge in [-0.2, -0.15) is 0 Å². The van der Waals surface area contributed by atoms with Gasteiger partial charge in [0, 0.05) is 10.0 Å². The average molecular weight is 267 g/mol. The van der Waals surface area contributed by atoms with Crippen LogP contribution < -0.4 is 0 Å². The van der Waals surface area contributed by atoms with Crippen LogP contribution in [-0.2, 0) is 9.59 Å². The fourth-order valence-electron chi connectivity index (χ4n) is 1.11. The number of benzene rings is 1. The number of carbonyl (C=O) groups excluding carboxylic acids is 1. The highest BCUT2D eigenvalue weighted by Gasteiger charge is 2.27. The minimum atomic E-state index is -1.44. The first-order chi connectivity index (χ1) is 6.91. The van der Waals surface area contributed by atoms with E-state index in [1.54, 1.807) is 0 Å². The van der Waals surface area contributed by atoms with Crippen molar-refractivity contribution < 1.29 is 14.7 Å². The van der Waals surface area contributed by atoms with E-state index in [4.69, 9.17) is 39.9 Å². The predicted octanol–water partition coefficient (Wildman–Crippen LogP) is 2.93. The van der Waals surface area contributed by atoms with Gasteiger partial charge in [0.1, 0.15) is 0 Å². The summed E-state index contributed by atoms with van der Waals surface area (Å²) in [4.78, 5) is 21.7. The molecule has 0 fully saturated rings. The Balaban J connectivity index is 3.22. The van der Waals surface area contributed by atoms with Crippen LogP contribution >= 0.6 is 34.8 Å². The lowest BCUT2D eigenvalue weighted by molar-refractivity contribution is -0.140. The number of rotatable bonds is 3. The van der Waals surface area contributed by atoms with Crippen molar-refractivity contribution in [2.75, 3.05) is 0 Å². The first-order valence-corrected chi connectivity index (χ1v) is 4.93. The summed E-state index contributed by atoms with van der Waals surface area (Å²) in [5.74, 6) is -2.78. The molecule has 0 amide bonds. The minimum absolute atomic E-state index is 0.167. The standard InChI is InChI=1S/C9H5Cl3O3/c10-5-1-4(2-6(11)3-5)7(8(12)13)9(14)15/h1-3,7H,(H,14,15). The van der Waals surface area contributed by atoms with E-state index >= 15 is 0 Å². The van der Waals surface area contributed by atoms with E-state index in [1.165, 1.54) is 18.2 Å². The molecule has 0 aliphatic carbocycles. The molecule has 0 aliphatic heterocycles. The smallest absolute Gasteiger partial charge is 0.319 e. The molecule has 0 aliphatic rings. The van der Waals surface area contributed by atoms with Gasteiger partial charge >= 0.3 is 5.97 Å². The molecule has 1 aromatic carbocycles. The largest absolute Gasteiger partial charge is 0.480 e. The monoisotopic (exact) mass is 266 g/mol. The molecule has 15 heavy (non-hydrogen) atoms. The molecule has 0 aromatic heterocycles. The van der Waals surface area contributed by atoms with Crippen molar-refractivity contribution in [3.05, 3.63) is 33.8 Å². The Morgan fingerprint density at radius 1 is 1.13 bits per heavy atom. The van der Waals surface area contributed by atoms with E-state index in [9.17, 15) is 9.59 Å². The second-order valence-corrected chi connectivity index (χ2v) is 4.02. The lowest BCUT2D eigenvalue weighted by atomic mass is 10.0. The van der Waals surface area contributed by atoms with Gasteiger partial charge < -0.3 is 5.11 Å². The molecule has 80 valence electrons. The molecule has 1 unspecified atom stereocenters. The zero-order valence-electron chi connectivity index (χ0n) is 7.21. The zero-order valence-corrected chi connectivity index (χ0v) is 9.47. The molecule has 0 radical (unpaired) electrons. The van der Waals surface area contributed by atoms with Gasteiger partial charge in [-0.05, 0) is 35.4 Å². The minimum Gasteiger partial charge on any atom is -0.480 e. The van der Waals surface area contributed by atoms with Gasteiger partial charge in [-0.15, -0.1) is 0 Å². The number of aliphatic carboxylic acids is 1. The molecule has 1 aromatic rings. The Labute approximate surface area is 101 Å². The molecule has 3 nitrogen and oxygen atoms in total. The van der Waals surface area contributed by atoms with Crippen LogP contribution in [0.2, 0.25) is 10.0 Å². The van der Waals surface area contributed by atoms with Gasteiger partial charge in [0.2, 0.25) is 5.24 Å². The number of halogens is 3. The van der Waals surface area contributed by atoms with Crippen molar-refractivity contribution in [1.82, 2.24) is 0 Å². The quantitative estimate of drug-likeness (QED) is 0.677. The van der Waals surface area contributed by atoms with E-state index in [2.05, 4.69) is 0 Å². The maximum absolute atomic E-state index is 10.9. The Bertz CT molecular complexity index is 383. The first-order valence-electron chi connectivity index (χ1n) is 3.80. The first kappa shape index (κ1) is 12.3. The summed E-state index contributed by atoms with van der Waals surface area (Å²) in [6, 6.07) is 4.11. The lowest BCUT2D eigenvalue weighted by Gasteiger charge is -2.08. The van der Waals surface area contributed by atoms with Gasteiger partial charge in [0.05, 0.1) is 0 Å². The van der Waals surface area contributed by atoms with Gasteiger partial charge in [0.15, 0.2) is 5.92 Å². The molecule has 0 heterocycles. The van der Waals surface area contributed by atoms with Crippen LogP contribution in [0.4, 0.5) is 0 Å². The number of hydrogen-bond acceptors (Lipinski definition) is 2. The Morgan fingerprint density at radius 2 is 1.60 bits per heavy atom. The van der Waals surface area contributed by atoms with E-state index in [-0.39, 0.29) is 15.6 Å². The van der Waals surface area contributed by atoms with Crippen LogP contribution in [0.5, 0.6) is 0 Å². The summed E-state index contributed by atoms with van der Waals surface area (Å²) < 4.78 is 0. The molecule has 1 N–H and O–H groups in total. The molecule has 1 rings (SSSR count). The normalized spacial score (nSPS) is 12.2. The Morgan fingerprint density at radius 3 is 1.93 bits per heavy atom. The summed E-state index contributed by atoms with van der Waals surface area (Å²) in [6.45, 7) is 0. The van der Waals surface area contributed by atoms with E-state index < -0.39 is 17.1 Å². The van der Waals surface area contributed by atoms with Crippen LogP contribution in [-0.4, -0.2) is 16.3 Å². The highest BCUT2D eigenvalue weighted by molar-refractivity contribution is 6.66. The summed E-state index contributed by atoms with van der Waals surface area (Å²) in [7, 11) is 0. The van der Waals surface area contributed by atoms with Crippen molar-refractivity contribution >= 4 is 46.0 Å². The predicted molar refractivity (Wildman–Crippen MR) is 57.7 cm³/mol. The molecular weight excluding hydrogens is 262 g/mol. The molecule has 0 saturated heterocycles. The Kier molecular flexibility index (Phi) is 3.97. The third kappa shape index (κ3) is 3.09. The third-order valence-electron chi connectivity index (χ3n) is 1.69. The summed E-state index contributed by atoms with van der Waals surface area (Å²) in [5.41, 5.74) is 0.167. The van der Waals surface area contributed by atoms with Crippen LogP contribution in [0, 0.1) is 0 Å². The van der Waals surface area contributed by atoms with E-state index in [0.717, 1.165) is 0 Å². The topological polar surface area (TPSA) is 54.4 Å². The highest BCUT2D eigenvalue weighted by atomic mass is 35.5. The maximum Gasteiger partial charge on any atom is 0.319 e. The molecule has 6 heteroatoms. The second-order valence-electron chi connectivity index (χ2n) is 2.78. The van der Waals surface area contributed by atoms with Gasteiger partial charge in [-0.25, -0.2) is 0 Å². The van der Waals surface area contributed by atoms with E-state index in [1.807, 2.05) is 0 Å². The van der Waals surface area contributed by atoms with Gasteiger partial charge in [-0.3, -0.25) is 9.59 Å². The Hall–Kier alpha value is -0.770. The fraction of sp³-hybridized carbons (Fsp3) is 0.111. The van der Waals surface area contributed by atoms with Crippen LogP contribution in [0.3, 0.4) is 0 Å². The van der Waals surface area contributed by atoms with Crippen molar-refractivity contribution in [3.8, 4) is 0 Å². The van der Waals surface area contributed by atoms with Crippen LogP contribution in [0.15, 0.2) is 18.2 Å². The lowest BCUT2D eigenvalue weighted by Crippen LogP contribution is -2.17. The summed E-state index contributed by atoms with van der Waals surface area (Å²) in [6.07, 6.45) is 0. The highest BCUT2D eigenvalue weighted by Crippen LogP contribution is 2.26. The molecule has 0 spiro atoms. The maximum atomic E-state index is 10.9. The number of carboxylic acid groups (broad SMARTS) is 1.